The maximum Gasteiger partial charge on any atom is 0.239 e. The van der Waals surface area contributed by atoms with Crippen molar-refractivity contribution in [2.75, 3.05) is 26.3 Å². The lowest BCUT2D eigenvalue weighted by molar-refractivity contribution is -0.125. The fourth-order valence-electron chi connectivity index (χ4n) is 3.79. The van der Waals surface area contributed by atoms with Gasteiger partial charge in [0.1, 0.15) is 11.9 Å². The van der Waals surface area contributed by atoms with Gasteiger partial charge in [-0.2, -0.15) is 0 Å². The summed E-state index contributed by atoms with van der Waals surface area (Å²) in [6, 6.07) is 10.3. The summed E-state index contributed by atoms with van der Waals surface area (Å²) in [6.45, 7) is 6.47. The van der Waals surface area contributed by atoms with Crippen LogP contribution in [-0.4, -0.2) is 37.1 Å². The Bertz CT molecular complexity index is 801. The number of aryl methyl sites for hydroxylation is 2. The molecule has 1 unspecified atom stereocenters. The van der Waals surface area contributed by atoms with Crippen LogP contribution < -0.4 is 5.73 Å². The number of morpholine rings is 1. The average Bonchev–Trinajstić information content (AvgIpc) is 2.60. The van der Waals surface area contributed by atoms with Crippen molar-refractivity contribution < 1.29 is 13.9 Å². The molecule has 0 aliphatic carbocycles. The monoisotopic (exact) mass is 356 g/mol. The van der Waals surface area contributed by atoms with Crippen molar-refractivity contribution in [3.05, 3.63) is 70.0 Å². The van der Waals surface area contributed by atoms with Crippen LogP contribution in [0.15, 0.2) is 36.4 Å². The molecule has 5 heteroatoms. The predicted octanol–water partition coefficient (Wildman–Crippen LogP) is 2.89. The number of hydrogen-bond donors (Lipinski definition) is 1. The van der Waals surface area contributed by atoms with Gasteiger partial charge >= 0.3 is 0 Å². The topological polar surface area (TPSA) is 55.6 Å². The van der Waals surface area contributed by atoms with Crippen molar-refractivity contribution in [2.45, 2.75) is 26.3 Å². The highest BCUT2D eigenvalue weighted by Gasteiger charge is 2.30. The van der Waals surface area contributed by atoms with Crippen molar-refractivity contribution in [1.82, 2.24) is 4.90 Å². The summed E-state index contributed by atoms with van der Waals surface area (Å²) in [5.41, 5.74) is 10.4. The zero-order valence-electron chi connectivity index (χ0n) is 15.3. The number of carbonyl (C=O) groups is 1. The predicted molar refractivity (Wildman–Crippen MR) is 99.4 cm³/mol. The van der Waals surface area contributed by atoms with Crippen molar-refractivity contribution in [2.24, 2.45) is 5.73 Å². The standard InChI is InChI=1S/C21H25FN2O2/c1-14-11-15(2)19(20(21(23)25)24-7-9-26-10-8-24)17(12-14)13-16-5-3-4-6-18(16)22/h3-6,11-12,20H,7-10,13H2,1-2H3,(H2,23,25). The molecule has 2 N–H and O–H groups in total. The number of nitrogens with zero attached hydrogens (tertiary/aromatic N) is 1. The van der Waals surface area contributed by atoms with E-state index in [0.717, 1.165) is 22.3 Å². The summed E-state index contributed by atoms with van der Waals surface area (Å²) >= 11 is 0. The Labute approximate surface area is 153 Å². The third kappa shape index (κ3) is 3.94. The fourth-order valence-corrected chi connectivity index (χ4v) is 3.79. The van der Waals surface area contributed by atoms with Crippen LogP contribution in [0.25, 0.3) is 0 Å². The summed E-state index contributed by atoms with van der Waals surface area (Å²) in [4.78, 5) is 14.4. The first-order chi connectivity index (χ1) is 12.5. The number of rotatable bonds is 5. The van der Waals surface area contributed by atoms with Crippen LogP contribution in [0.5, 0.6) is 0 Å². The van der Waals surface area contributed by atoms with Crippen molar-refractivity contribution >= 4 is 5.91 Å². The molecule has 0 radical (unpaired) electrons. The van der Waals surface area contributed by atoms with Crippen LogP contribution in [-0.2, 0) is 16.0 Å². The van der Waals surface area contributed by atoms with Crippen LogP contribution in [0.3, 0.4) is 0 Å². The summed E-state index contributed by atoms with van der Waals surface area (Å²) in [5.74, 6) is -0.617. The molecule has 2 aromatic rings. The maximum atomic E-state index is 14.2. The molecule has 4 nitrogen and oxygen atoms in total. The third-order valence-electron chi connectivity index (χ3n) is 4.91. The maximum absolute atomic E-state index is 14.2. The van der Waals surface area contributed by atoms with Crippen molar-refractivity contribution in [3.8, 4) is 0 Å². The minimum absolute atomic E-state index is 0.236. The summed E-state index contributed by atoms with van der Waals surface area (Å²) in [5, 5.41) is 0. The van der Waals surface area contributed by atoms with E-state index in [2.05, 4.69) is 11.0 Å². The first-order valence-electron chi connectivity index (χ1n) is 8.92. The smallest absolute Gasteiger partial charge is 0.239 e. The van der Waals surface area contributed by atoms with Gasteiger partial charge in [-0.15, -0.1) is 0 Å². The Kier molecular flexibility index (Phi) is 5.69. The number of ether oxygens (including phenoxy) is 1. The second-order valence-corrected chi connectivity index (χ2v) is 6.88. The molecule has 26 heavy (non-hydrogen) atoms. The van der Waals surface area contributed by atoms with Gasteiger partial charge in [-0.05, 0) is 42.2 Å². The number of nitrogens with two attached hydrogens (primary N) is 1. The van der Waals surface area contributed by atoms with Gasteiger partial charge < -0.3 is 10.5 Å². The number of amides is 1. The molecule has 1 atom stereocenters. The number of primary amides is 1. The number of carbonyl (C=O) groups excluding carboxylic acids is 1. The highest BCUT2D eigenvalue weighted by molar-refractivity contribution is 5.82. The van der Waals surface area contributed by atoms with Crippen LogP contribution in [0, 0.1) is 19.7 Å². The minimum atomic E-state index is -0.527. The van der Waals surface area contributed by atoms with Gasteiger partial charge in [-0.25, -0.2) is 4.39 Å². The molecule has 2 aromatic carbocycles. The minimum Gasteiger partial charge on any atom is -0.379 e. The highest BCUT2D eigenvalue weighted by Crippen LogP contribution is 2.31. The molecule has 1 saturated heterocycles. The Morgan fingerprint density at radius 2 is 1.88 bits per heavy atom. The molecule has 0 saturated carbocycles. The molecule has 0 bridgehead atoms. The Balaban J connectivity index is 2.06. The van der Waals surface area contributed by atoms with E-state index in [1.807, 2.05) is 26.0 Å². The highest BCUT2D eigenvalue weighted by atomic mass is 19.1. The Hall–Kier alpha value is -2.24. The van der Waals surface area contributed by atoms with E-state index in [1.54, 1.807) is 12.1 Å². The fraction of sp³-hybridized carbons (Fsp3) is 0.381. The van der Waals surface area contributed by atoms with Crippen molar-refractivity contribution in [3.63, 3.8) is 0 Å². The van der Waals surface area contributed by atoms with Gasteiger partial charge in [-0.3, -0.25) is 9.69 Å². The lowest BCUT2D eigenvalue weighted by atomic mass is 9.88. The SMILES string of the molecule is Cc1cc(C)c(C(C(N)=O)N2CCOCC2)c(Cc2ccccc2F)c1. The van der Waals surface area contributed by atoms with Gasteiger partial charge in [0.15, 0.2) is 0 Å². The van der Waals surface area contributed by atoms with E-state index in [-0.39, 0.29) is 11.7 Å². The molecule has 3 rings (SSSR count). The van der Waals surface area contributed by atoms with Gasteiger partial charge in [0.25, 0.3) is 0 Å². The molecule has 0 aromatic heterocycles. The number of halogens is 1. The number of hydrogen-bond acceptors (Lipinski definition) is 3. The first kappa shape index (κ1) is 18.5. The van der Waals surface area contributed by atoms with E-state index < -0.39 is 6.04 Å². The molecule has 0 spiro atoms. The molecule has 1 fully saturated rings. The van der Waals surface area contributed by atoms with Gasteiger partial charge in [-0.1, -0.05) is 35.9 Å². The summed E-state index contributed by atoms with van der Waals surface area (Å²) in [6.07, 6.45) is 0.429. The van der Waals surface area contributed by atoms with Crippen LogP contribution in [0.2, 0.25) is 0 Å². The Morgan fingerprint density at radius 1 is 1.19 bits per heavy atom. The Morgan fingerprint density at radius 3 is 2.54 bits per heavy atom. The largest absolute Gasteiger partial charge is 0.379 e. The van der Waals surface area contributed by atoms with Crippen molar-refractivity contribution in [1.29, 1.82) is 0 Å². The van der Waals surface area contributed by atoms with Crippen LogP contribution in [0.1, 0.15) is 33.9 Å². The second kappa shape index (κ2) is 7.98. The molecule has 1 aliphatic heterocycles. The summed E-state index contributed by atoms with van der Waals surface area (Å²) < 4.78 is 19.6. The van der Waals surface area contributed by atoms with Gasteiger partial charge in [0, 0.05) is 19.5 Å². The molecule has 1 amide bonds. The van der Waals surface area contributed by atoms with Gasteiger partial charge in [0.2, 0.25) is 5.91 Å². The number of benzene rings is 2. The van der Waals surface area contributed by atoms with E-state index in [1.165, 1.54) is 6.07 Å². The van der Waals surface area contributed by atoms with E-state index >= 15 is 0 Å². The summed E-state index contributed by atoms with van der Waals surface area (Å²) in [7, 11) is 0. The molecular weight excluding hydrogens is 331 g/mol. The van der Waals surface area contributed by atoms with E-state index in [0.29, 0.717) is 38.3 Å². The molecule has 1 heterocycles. The van der Waals surface area contributed by atoms with Crippen LogP contribution >= 0.6 is 0 Å². The van der Waals surface area contributed by atoms with E-state index in [4.69, 9.17) is 10.5 Å². The average molecular weight is 356 g/mol. The third-order valence-corrected chi connectivity index (χ3v) is 4.91. The van der Waals surface area contributed by atoms with Crippen LogP contribution in [0.4, 0.5) is 4.39 Å². The zero-order chi connectivity index (χ0) is 18.7. The lowest BCUT2D eigenvalue weighted by Crippen LogP contribution is -2.44. The molecular formula is C21H25FN2O2. The van der Waals surface area contributed by atoms with Gasteiger partial charge in [0.05, 0.1) is 13.2 Å². The normalized spacial score (nSPS) is 16.4. The van der Waals surface area contributed by atoms with E-state index in [9.17, 15) is 9.18 Å². The zero-order valence-corrected chi connectivity index (χ0v) is 15.3. The molecule has 138 valence electrons. The lowest BCUT2D eigenvalue weighted by Gasteiger charge is -2.34. The quantitative estimate of drug-likeness (QED) is 0.896. The second-order valence-electron chi connectivity index (χ2n) is 6.88. The molecule has 1 aliphatic rings. The first-order valence-corrected chi connectivity index (χ1v) is 8.92.